The number of anilines is 3. The smallest absolute Gasteiger partial charge is 0.321 e. The Bertz CT molecular complexity index is 1040. The molecule has 2 aromatic carbocycles. The zero-order valence-electron chi connectivity index (χ0n) is 18.6. The summed E-state index contributed by atoms with van der Waals surface area (Å²) in [6.45, 7) is 3.39. The molecule has 0 aromatic heterocycles. The SMILES string of the molecule is Cc1ccc(N2NC(C(=O)Nc3ccc(NC(=O)N4CCCCCC4)cc3)=NCC2=O)cc1. The van der Waals surface area contributed by atoms with Gasteiger partial charge in [0.05, 0.1) is 5.69 Å². The second-order valence-electron chi connectivity index (χ2n) is 8.20. The number of nitrogens with one attached hydrogen (secondary N) is 3. The molecular weight excluding hydrogens is 420 g/mol. The van der Waals surface area contributed by atoms with Gasteiger partial charge >= 0.3 is 6.03 Å². The summed E-state index contributed by atoms with van der Waals surface area (Å²) in [5.74, 6) is -0.658. The minimum Gasteiger partial charge on any atom is -0.325 e. The fourth-order valence-electron chi connectivity index (χ4n) is 3.75. The van der Waals surface area contributed by atoms with Gasteiger partial charge in [0.25, 0.3) is 11.8 Å². The molecule has 1 fully saturated rings. The monoisotopic (exact) mass is 448 g/mol. The molecule has 0 bridgehead atoms. The van der Waals surface area contributed by atoms with Gasteiger partial charge in [-0.2, -0.15) is 0 Å². The van der Waals surface area contributed by atoms with Gasteiger partial charge in [-0.1, -0.05) is 30.5 Å². The summed E-state index contributed by atoms with van der Waals surface area (Å²) in [6, 6.07) is 14.2. The molecule has 0 aliphatic carbocycles. The third kappa shape index (κ3) is 5.68. The van der Waals surface area contributed by atoms with Crippen molar-refractivity contribution in [2.75, 3.05) is 35.3 Å². The average Bonchev–Trinajstić information content (AvgIpc) is 3.11. The predicted molar refractivity (Wildman–Crippen MR) is 128 cm³/mol. The first-order valence-electron chi connectivity index (χ1n) is 11.2. The molecule has 0 spiro atoms. The zero-order valence-corrected chi connectivity index (χ0v) is 18.6. The number of aryl methyl sites for hydroxylation is 1. The number of benzene rings is 2. The van der Waals surface area contributed by atoms with Crippen molar-refractivity contribution in [2.45, 2.75) is 32.6 Å². The van der Waals surface area contributed by atoms with E-state index in [2.05, 4.69) is 21.1 Å². The summed E-state index contributed by atoms with van der Waals surface area (Å²) in [6.07, 6.45) is 4.39. The Hall–Kier alpha value is -3.88. The summed E-state index contributed by atoms with van der Waals surface area (Å²) in [4.78, 5) is 43.3. The van der Waals surface area contributed by atoms with Crippen molar-refractivity contribution in [1.29, 1.82) is 0 Å². The molecule has 172 valence electrons. The molecule has 2 aliphatic heterocycles. The first kappa shape index (κ1) is 22.3. The minimum atomic E-state index is -0.457. The maximum absolute atomic E-state index is 12.7. The number of hydrazine groups is 1. The van der Waals surface area contributed by atoms with Crippen molar-refractivity contribution in [3.63, 3.8) is 0 Å². The van der Waals surface area contributed by atoms with Gasteiger partial charge in [0.1, 0.15) is 6.54 Å². The number of nitrogens with zero attached hydrogens (tertiary/aromatic N) is 3. The van der Waals surface area contributed by atoms with Crippen molar-refractivity contribution in [3.05, 3.63) is 54.1 Å². The Morgan fingerprint density at radius 2 is 1.48 bits per heavy atom. The van der Waals surface area contributed by atoms with E-state index in [0.717, 1.165) is 44.3 Å². The Balaban J connectivity index is 1.34. The van der Waals surface area contributed by atoms with E-state index >= 15 is 0 Å². The average molecular weight is 449 g/mol. The van der Waals surface area contributed by atoms with Crippen LogP contribution in [0.3, 0.4) is 0 Å². The van der Waals surface area contributed by atoms with Gasteiger partial charge < -0.3 is 15.5 Å². The molecule has 33 heavy (non-hydrogen) atoms. The van der Waals surface area contributed by atoms with Gasteiger partial charge in [0.15, 0.2) is 0 Å². The van der Waals surface area contributed by atoms with Gasteiger partial charge in [-0.25, -0.2) is 9.80 Å². The molecule has 0 radical (unpaired) electrons. The van der Waals surface area contributed by atoms with E-state index in [0.29, 0.717) is 17.1 Å². The summed E-state index contributed by atoms with van der Waals surface area (Å²) in [5.41, 5.74) is 5.71. The van der Waals surface area contributed by atoms with Gasteiger partial charge in [-0.3, -0.25) is 20.0 Å². The van der Waals surface area contributed by atoms with Crippen LogP contribution in [0.4, 0.5) is 21.9 Å². The zero-order chi connectivity index (χ0) is 23.2. The predicted octanol–water partition coefficient (Wildman–Crippen LogP) is 3.29. The molecule has 9 heteroatoms. The molecule has 9 nitrogen and oxygen atoms in total. The van der Waals surface area contributed by atoms with Gasteiger partial charge in [0, 0.05) is 24.5 Å². The molecule has 2 heterocycles. The summed E-state index contributed by atoms with van der Waals surface area (Å²) < 4.78 is 0. The summed E-state index contributed by atoms with van der Waals surface area (Å²) in [5, 5.41) is 7.00. The van der Waals surface area contributed by atoms with Gasteiger partial charge in [-0.05, 0) is 56.2 Å². The number of urea groups is 1. The van der Waals surface area contributed by atoms with E-state index in [1.54, 1.807) is 36.4 Å². The van der Waals surface area contributed by atoms with Crippen molar-refractivity contribution in [3.8, 4) is 0 Å². The highest BCUT2D eigenvalue weighted by Gasteiger charge is 2.25. The second-order valence-corrected chi connectivity index (χ2v) is 8.20. The normalized spacial score (nSPS) is 16.4. The third-order valence-electron chi connectivity index (χ3n) is 5.63. The molecule has 4 rings (SSSR count). The van der Waals surface area contributed by atoms with Crippen LogP contribution in [0.2, 0.25) is 0 Å². The Labute approximate surface area is 192 Å². The lowest BCUT2D eigenvalue weighted by Crippen LogP contribution is -2.54. The lowest BCUT2D eigenvalue weighted by atomic mass is 10.2. The number of rotatable bonds is 4. The number of hydrogen-bond donors (Lipinski definition) is 3. The second kappa shape index (κ2) is 10.2. The van der Waals surface area contributed by atoms with Crippen LogP contribution in [-0.2, 0) is 9.59 Å². The number of amides is 4. The number of carbonyl (C=O) groups is 3. The van der Waals surface area contributed by atoms with E-state index in [1.807, 2.05) is 24.0 Å². The minimum absolute atomic E-state index is 0.0497. The van der Waals surface area contributed by atoms with Crippen LogP contribution >= 0.6 is 0 Å². The van der Waals surface area contributed by atoms with Crippen molar-refractivity contribution < 1.29 is 14.4 Å². The lowest BCUT2D eigenvalue weighted by molar-refractivity contribution is -0.118. The maximum Gasteiger partial charge on any atom is 0.321 e. The quantitative estimate of drug-likeness (QED) is 0.667. The number of aliphatic imine (C=N–C) groups is 1. The fourth-order valence-corrected chi connectivity index (χ4v) is 3.75. The van der Waals surface area contributed by atoms with E-state index in [4.69, 9.17) is 0 Å². The molecule has 0 atom stereocenters. The third-order valence-corrected chi connectivity index (χ3v) is 5.63. The Morgan fingerprint density at radius 1 is 0.879 bits per heavy atom. The van der Waals surface area contributed by atoms with Crippen molar-refractivity contribution >= 4 is 40.7 Å². The van der Waals surface area contributed by atoms with Crippen LogP contribution < -0.4 is 21.1 Å². The van der Waals surface area contributed by atoms with Crippen LogP contribution in [-0.4, -0.2) is 48.2 Å². The van der Waals surface area contributed by atoms with Gasteiger partial charge in [0.2, 0.25) is 5.84 Å². The largest absolute Gasteiger partial charge is 0.325 e. The summed E-state index contributed by atoms with van der Waals surface area (Å²) in [7, 11) is 0. The number of likely N-dealkylation sites (tertiary alicyclic amines) is 1. The number of amidine groups is 1. The van der Waals surface area contributed by atoms with Crippen LogP contribution in [0.25, 0.3) is 0 Å². The molecular formula is C24H28N6O3. The molecule has 2 aromatic rings. The van der Waals surface area contributed by atoms with Gasteiger partial charge in [-0.15, -0.1) is 0 Å². The maximum atomic E-state index is 12.7. The highest BCUT2D eigenvalue weighted by Crippen LogP contribution is 2.18. The molecule has 2 aliphatic rings. The van der Waals surface area contributed by atoms with Crippen molar-refractivity contribution in [1.82, 2.24) is 10.3 Å². The molecule has 0 saturated carbocycles. The Kier molecular flexibility index (Phi) is 6.87. The summed E-state index contributed by atoms with van der Waals surface area (Å²) >= 11 is 0. The first-order chi connectivity index (χ1) is 16.0. The number of carbonyl (C=O) groups excluding carboxylic acids is 3. The van der Waals surface area contributed by atoms with E-state index in [1.165, 1.54) is 5.01 Å². The number of hydrogen-bond acceptors (Lipinski definition) is 5. The Morgan fingerprint density at radius 3 is 2.12 bits per heavy atom. The molecule has 4 amide bonds. The van der Waals surface area contributed by atoms with Crippen LogP contribution in [0.5, 0.6) is 0 Å². The van der Waals surface area contributed by atoms with Crippen LogP contribution in [0, 0.1) is 6.92 Å². The lowest BCUT2D eigenvalue weighted by Gasteiger charge is -2.27. The topological polar surface area (TPSA) is 106 Å². The standard InChI is InChI=1S/C24H28N6O3/c1-17-6-12-20(13-7-17)30-21(31)16-25-22(28-30)23(32)26-18-8-10-19(11-9-18)27-24(33)29-14-4-2-3-5-15-29/h6-13H,2-5,14-16H2,1H3,(H,25,28)(H,26,32)(H,27,33). The highest BCUT2D eigenvalue weighted by molar-refractivity contribution is 6.43. The fraction of sp³-hybridized carbons (Fsp3) is 0.333. The van der Waals surface area contributed by atoms with E-state index in [-0.39, 0.29) is 24.3 Å². The van der Waals surface area contributed by atoms with Crippen LogP contribution in [0.15, 0.2) is 53.5 Å². The molecule has 1 saturated heterocycles. The molecule has 0 unspecified atom stereocenters. The van der Waals surface area contributed by atoms with E-state index < -0.39 is 5.91 Å². The first-order valence-corrected chi connectivity index (χ1v) is 11.2. The molecule has 3 N–H and O–H groups in total. The van der Waals surface area contributed by atoms with E-state index in [9.17, 15) is 14.4 Å². The highest BCUT2D eigenvalue weighted by atomic mass is 16.2. The van der Waals surface area contributed by atoms with Crippen molar-refractivity contribution in [2.24, 2.45) is 4.99 Å². The van der Waals surface area contributed by atoms with Crippen LogP contribution in [0.1, 0.15) is 31.2 Å².